The quantitative estimate of drug-likeness (QED) is 0.818. The number of likely N-dealkylation sites (tertiary alicyclic amines) is 1. The number of nitrogens with two attached hydrogens (primary N) is 1. The summed E-state index contributed by atoms with van der Waals surface area (Å²) in [6.45, 7) is 3.65. The molecular weight excluding hydrogens is 353 g/mol. The van der Waals surface area contributed by atoms with Crippen LogP contribution in [0.5, 0.6) is 0 Å². The summed E-state index contributed by atoms with van der Waals surface area (Å²) in [6, 6.07) is 6.17. The van der Waals surface area contributed by atoms with Crippen molar-refractivity contribution >= 4 is 17.1 Å². The standard InChI is InChI=1S/C20H23F3N4/c1-13-8-14(12-27(11-13)15(9-24)10-25-2)16-5-6-18(20(21,22)23)19-17(16)4-3-7-26-19/h3-7,9-10,13-14H,8,11-12,24H2,1-2H3. The summed E-state index contributed by atoms with van der Waals surface area (Å²) in [5, 5.41) is 0.564. The molecule has 2 N–H and O–H groups in total. The molecule has 144 valence electrons. The molecule has 0 saturated carbocycles. The third-order valence-corrected chi connectivity index (χ3v) is 5.01. The summed E-state index contributed by atoms with van der Waals surface area (Å²) in [5.41, 5.74) is 6.79. The molecule has 7 heteroatoms. The maximum atomic E-state index is 13.4. The van der Waals surface area contributed by atoms with Crippen molar-refractivity contribution in [3.05, 3.63) is 53.5 Å². The van der Waals surface area contributed by atoms with Crippen LogP contribution in [0.4, 0.5) is 13.2 Å². The van der Waals surface area contributed by atoms with Gasteiger partial charge in [-0.05, 0) is 30.0 Å². The van der Waals surface area contributed by atoms with Crippen molar-refractivity contribution in [3.63, 3.8) is 0 Å². The van der Waals surface area contributed by atoms with E-state index in [0.717, 1.165) is 30.3 Å². The fourth-order valence-electron chi connectivity index (χ4n) is 3.93. The van der Waals surface area contributed by atoms with Crippen LogP contribution in [0.15, 0.2) is 47.4 Å². The lowest BCUT2D eigenvalue weighted by atomic mass is 9.83. The Bertz CT molecular complexity index is 873. The number of hydrogen-bond acceptors (Lipinski definition) is 4. The number of halogens is 3. The number of nitrogens with zero attached hydrogens (tertiary/aromatic N) is 3. The lowest BCUT2D eigenvalue weighted by Crippen LogP contribution is -2.38. The minimum atomic E-state index is -4.43. The van der Waals surface area contributed by atoms with Crippen molar-refractivity contribution in [2.75, 3.05) is 20.1 Å². The van der Waals surface area contributed by atoms with E-state index in [0.29, 0.717) is 17.8 Å². The number of fused-ring (bicyclic) bond motifs is 1. The highest BCUT2D eigenvalue weighted by atomic mass is 19.4. The van der Waals surface area contributed by atoms with Crippen LogP contribution in [0, 0.1) is 5.92 Å². The van der Waals surface area contributed by atoms with Crippen molar-refractivity contribution in [1.82, 2.24) is 9.88 Å². The van der Waals surface area contributed by atoms with E-state index in [-0.39, 0.29) is 11.4 Å². The van der Waals surface area contributed by atoms with Gasteiger partial charge in [0.2, 0.25) is 0 Å². The minimum absolute atomic E-state index is 0.0111. The van der Waals surface area contributed by atoms with Crippen molar-refractivity contribution in [1.29, 1.82) is 0 Å². The van der Waals surface area contributed by atoms with E-state index < -0.39 is 11.7 Å². The molecule has 1 aromatic heterocycles. The molecule has 1 aromatic carbocycles. The fourth-order valence-corrected chi connectivity index (χ4v) is 3.93. The first-order valence-electron chi connectivity index (χ1n) is 8.89. The average molecular weight is 376 g/mol. The Morgan fingerprint density at radius 1 is 1.30 bits per heavy atom. The first-order chi connectivity index (χ1) is 12.8. The summed E-state index contributed by atoms with van der Waals surface area (Å²) in [7, 11) is 1.68. The third-order valence-electron chi connectivity index (χ3n) is 5.01. The van der Waals surface area contributed by atoms with Gasteiger partial charge in [0, 0.05) is 50.1 Å². The van der Waals surface area contributed by atoms with Gasteiger partial charge >= 0.3 is 6.18 Å². The Labute approximate surface area is 156 Å². The van der Waals surface area contributed by atoms with Gasteiger partial charge in [-0.25, -0.2) is 0 Å². The monoisotopic (exact) mass is 376 g/mol. The van der Waals surface area contributed by atoms with Gasteiger partial charge in [-0.15, -0.1) is 0 Å². The van der Waals surface area contributed by atoms with Gasteiger partial charge in [0.1, 0.15) is 0 Å². The predicted octanol–water partition coefficient (Wildman–Crippen LogP) is 4.18. The van der Waals surface area contributed by atoms with Gasteiger partial charge in [0.15, 0.2) is 0 Å². The zero-order chi connectivity index (χ0) is 19.6. The van der Waals surface area contributed by atoms with Crippen LogP contribution in [0.2, 0.25) is 0 Å². The SMILES string of the molecule is CN=CC(=CN)N1CC(C)CC(c2ccc(C(F)(F)F)c3ncccc23)C1. The van der Waals surface area contributed by atoms with Crippen molar-refractivity contribution in [2.45, 2.75) is 25.4 Å². The molecule has 1 fully saturated rings. The van der Waals surface area contributed by atoms with Crippen molar-refractivity contribution in [3.8, 4) is 0 Å². The zero-order valence-electron chi connectivity index (χ0n) is 15.4. The average Bonchev–Trinajstić information content (AvgIpc) is 2.63. The van der Waals surface area contributed by atoms with E-state index in [9.17, 15) is 13.2 Å². The molecule has 2 aromatic rings. The molecule has 1 aliphatic heterocycles. The molecule has 2 unspecified atom stereocenters. The molecule has 4 nitrogen and oxygen atoms in total. The van der Waals surface area contributed by atoms with Crippen LogP contribution in [0.3, 0.4) is 0 Å². The Balaban J connectivity index is 2.04. The summed E-state index contributed by atoms with van der Waals surface area (Å²) < 4.78 is 40.1. The number of aliphatic imine (C=N–C) groups is 1. The number of alkyl halides is 3. The summed E-state index contributed by atoms with van der Waals surface area (Å²) in [5.74, 6) is 0.459. The second-order valence-electron chi connectivity index (χ2n) is 7.02. The van der Waals surface area contributed by atoms with Gasteiger partial charge in [-0.1, -0.05) is 19.1 Å². The maximum Gasteiger partial charge on any atom is 0.418 e. The highest BCUT2D eigenvalue weighted by Crippen LogP contribution is 2.39. The Kier molecular flexibility index (Phi) is 5.39. The van der Waals surface area contributed by atoms with Crippen LogP contribution in [-0.2, 0) is 6.18 Å². The molecule has 27 heavy (non-hydrogen) atoms. The van der Waals surface area contributed by atoms with E-state index in [2.05, 4.69) is 21.8 Å². The lowest BCUT2D eigenvalue weighted by molar-refractivity contribution is -0.136. The second-order valence-corrected chi connectivity index (χ2v) is 7.02. The Morgan fingerprint density at radius 2 is 2.07 bits per heavy atom. The summed E-state index contributed by atoms with van der Waals surface area (Å²) >= 11 is 0. The molecular formula is C20H23F3N4. The molecule has 2 heterocycles. The topological polar surface area (TPSA) is 54.5 Å². The maximum absolute atomic E-state index is 13.4. The molecule has 0 amide bonds. The lowest BCUT2D eigenvalue weighted by Gasteiger charge is -2.38. The number of benzene rings is 1. The normalized spacial score (nSPS) is 22.0. The van der Waals surface area contributed by atoms with E-state index >= 15 is 0 Å². The van der Waals surface area contributed by atoms with Gasteiger partial charge in [0.25, 0.3) is 0 Å². The van der Waals surface area contributed by atoms with Crippen molar-refractivity contribution in [2.24, 2.45) is 16.6 Å². The van der Waals surface area contributed by atoms with Gasteiger partial charge in [0.05, 0.1) is 16.8 Å². The van der Waals surface area contributed by atoms with Crippen LogP contribution in [0.1, 0.15) is 30.4 Å². The van der Waals surface area contributed by atoms with Crippen molar-refractivity contribution < 1.29 is 13.2 Å². The number of pyridine rings is 1. The Hall–Kier alpha value is -2.57. The first-order valence-corrected chi connectivity index (χ1v) is 8.89. The summed E-state index contributed by atoms with van der Waals surface area (Å²) in [4.78, 5) is 10.2. The first kappa shape index (κ1) is 19.2. The van der Waals surface area contributed by atoms with Crippen LogP contribution >= 0.6 is 0 Å². The number of rotatable bonds is 3. The molecule has 2 atom stereocenters. The highest BCUT2D eigenvalue weighted by Gasteiger charge is 2.35. The zero-order valence-corrected chi connectivity index (χ0v) is 15.4. The molecule has 0 bridgehead atoms. The number of aromatic nitrogens is 1. The van der Waals surface area contributed by atoms with E-state index in [1.54, 1.807) is 31.5 Å². The van der Waals surface area contributed by atoms with E-state index in [4.69, 9.17) is 5.73 Å². The van der Waals surface area contributed by atoms with E-state index in [1.807, 2.05) is 0 Å². The second kappa shape index (κ2) is 7.58. The number of piperidine rings is 1. The molecule has 3 rings (SSSR count). The summed E-state index contributed by atoms with van der Waals surface area (Å²) in [6.07, 6.45) is 1.11. The number of hydrogen-bond donors (Lipinski definition) is 1. The van der Waals surface area contributed by atoms with Crippen LogP contribution in [0.25, 0.3) is 10.9 Å². The predicted molar refractivity (Wildman–Crippen MR) is 102 cm³/mol. The molecule has 0 spiro atoms. The van der Waals surface area contributed by atoms with Crippen LogP contribution < -0.4 is 5.73 Å². The number of allylic oxidation sites excluding steroid dienone is 1. The smallest absolute Gasteiger partial charge is 0.403 e. The fraction of sp³-hybridized carbons (Fsp3) is 0.400. The third kappa shape index (κ3) is 3.91. The molecule has 1 saturated heterocycles. The van der Waals surface area contributed by atoms with Gasteiger partial charge < -0.3 is 10.6 Å². The van der Waals surface area contributed by atoms with Crippen LogP contribution in [-0.4, -0.2) is 36.2 Å². The van der Waals surface area contributed by atoms with Gasteiger partial charge in [-0.3, -0.25) is 9.98 Å². The highest BCUT2D eigenvalue weighted by molar-refractivity contribution is 5.86. The Morgan fingerprint density at radius 3 is 2.74 bits per heavy atom. The minimum Gasteiger partial charge on any atom is -0.403 e. The van der Waals surface area contributed by atoms with E-state index in [1.165, 1.54) is 12.4 Å². The molecule has 0 radical (unpaired) electrons. The van der Waals surface area contributed by atoms with Gasteiger partial charge in [-0.2, -0.15) is 13.2 Å². The largest absolute Gasteiger partial charge is 0.418 e. The molecule has 1 aliphatic rings. The molecule has 0 aliphatic carbocycles.